The number of aromatic nitrogens is 2. The van der Waals surface area contributed by atoms with E-state index in [2.05, 4.69) is 13.2 Å². The van der Waals surface area contributed by atoms with E-state index in [0.29, 0.717) is 65.9 Å². The molecule has 0 N–H and O–H groups in total. The number of nitrogens with zero attached hydrogens (tertiary/aromatic N) is 2. The van der Waals surface area contributed by atoms with Crippen LogP contribution in [0.15, 0.2) is 98.6 Å². The zero-order chi connectivity index (χ0) is 37.7. The van der Waals surface area contributed by atoms with Gasteiger partial charge in [0.05, 0.1) is 30.5 Å². The van der Waals surface area contributed by atoms with Crippen LogP contribution in [0.1, 0.15) is 96.1 Å². The van der Waals surface area contributed by atoms with Crippen LogP contribution >= 0.6 is 0 Å². The predicted octanol–water partition coefficient (Wildman–Crippen LogP) is 9.49. The summed E-state index contributed by atoms with van der Waals surface area (Å²) in [6.45, 7) is 14.3. The van der Waals surface area contributed by atoms with Crippen LogP contribution in [0.4, 0.5) is 0 Å². The Morgan fingerprint density at radius 3 is 1.58 bits per heavy atom. The number of benzene rings is 3. The van der Waals surface area contributed by atoms with Crippen molar-refractivity contribution in [1.29, 1.82) is 0 Å². The molecule has 4 rings (SSSR count). The lowest BCUT2D eigenvalue weighted by Crippen LogP contribution is -2.34. The zero-order valence-electron chi connectivity index (χ0n) is 31.4. The molecule has 0 spiro atoms. The van der Waals surface area contributed by atoms with Gasteiger partial charge in [-0.3, -0.25) is 0 Å². The molecule has 1 heterocycles. The highest BCUT2D eigenvalue weighted by atomic mass is 16.5. The van der Waals surface area contributed by atoms with E-state index in [9.17, 15) is 9.59 Å². The minimum atomic E-state index is -0.494. The first-order valence-corrected chi connectivity index (χ1v) is 18.8. The molecule has 0 saturated carbocycles. The third kappa shape index (κ3) is 14.1. The zero-order valence-corrected chi connectivity index (χ0v) is 31.4. The van der Waals surface area contributed by atoms with Gasteiger partial charge in [-0.2, -0.15) is 0 Å². The molecule has 9 heteroatoms. The number of carbonyl (C=O) groups is 2. The molecule has 1 aromatic heterocycles. The van der Waals surface area contributed by atoms with Crippen molar-refractivity contribution in [1.82, 2.24) is 4.57 Å². The molecule has 0 aliphatic carbocycles. The first kappa shape index (κ1) is 40.6. The van der Waals surface area contributed by atoms with Gasteiger partial charge < -0.3 is 23.7 Å². The maximum absolute atomic E-state index is 13.0. The van der Waals surface area contributed by atoms with Crippen LogP contribution in [0.25, 0.3) is 6.20 Å². The van der Waals surface area contributed by atoms with Gasteiger partial charge in [0.15, 0.2) is 0 Å². The fourth-order valence-electron chi connectivity index (χ4n) is 5.68. The highest BCUT2D eigenvalue weighted by molar-refractivity contribution is 5.92. The summed E-state index contributed by atoms with van der Waals surface area (Å²) in [7, 11) is 0. The molecule has 9 nitrogen and oxygen atoms in total. The number of rotatable bonds is 25. The lowest BCUT2D eigenvalue weighted by atomic mass is 10.1. The third-order valence-electron chi connectivity index (χ3n) is 9.00. The van der Waals surface area contributed by atoms with Crippen LogP contribution in [0, 0.1) is 13.8 Å². The van der Waals surface area contributed by atoms with E-state index in [1.165, 1.54) is 44.9 Å². The Balaban J connectivity index is 1.12. The summed E-state index contributed by atoms with van der Waals surface area (Å²) >= 11 is 0. The van der Waals surface area contributed by atoms with Gasteiger partial charge in [-0.05, 0) is 98.5 Å². The Bertz CT molecular complexity index is 1730. The van der Waals surface area contributed by atoms with Gasteiger partial charge in [0.25, 0.3) is 0 Å². The van der Waals surface area contributed by atoms with Crippen molar-refractivity contribution in [3.05, 3.63) is 121 Å². The molecule has 0 bridgehead atoms. The number of unbranched alkanes of at least 4 members (excludes halogenated alkanes) is 9. The molecule has 0 fully saturated rings. The van der Waals surface area contributed by atoms with E-state index in [0.717, 1.165) is 31.6 Å². The molecule has 0 aliphatic heterocycles. The summed E-state index contributed by atoms with van der Waals surface area (Å²) in [5.41, 5.74) is 2.22. The molecule has 0 radical (unpaired) electrons. The average Bonchev–Trinajstić information content (AvgIpc) is 3.64. The number of hydrogen-bond donors (Lipinski definition) is 0. The molecule has 282 valence electrons. The lowest BCUT2D eigenvalue weighted by molar-refractivity contribution is -0.696. The Morgan fingerprint density at radius 2 is 1.11 bits per heavy atom. The molecule has 0 saturated heterocycles. The van der Waals surface area contributed by atoms with Crippen LogP contribution in [0.5, 0.6) is 23.0 Å². The van der Waals surface area contributed by atoms with Gasteiger partial charge in [0.1, 0.15) is 48.5 Å². The van der Waals surface area contributed by atoms with E-state index < -0.39 is 11.9 Å². The van der Waals surface area contributed by atoms with Crippen LogP contribution in [-0.4, -0.2) is 42.9 Å². The summed E-state index contributed by atoms with van der Waals surface area (Å²) in [5.74, 6) is 1.21. The highest BCUT2D eigenvalue weighted by Gasteiger charge is 2.17. The third-order valence-corrected chi connectivity index (χ3v) is 9.00. The van der Waals surface area contributed by atoms with Gasteiger partial charge in [0.2, 0.25) is 6.33 Å². The first-order chi connectivity index (χ1) is 25.9. The standard InChI is InChI=1S/C44H55N2O7/c1-5-30-49-31-15-13-11-9-7-8-10-12-14-16-32-50-39-21-17-37(18-22-39)43(47)52-41-25-26-42(36(4)35(41)3)53-44(48)38-19-23-40(24-20-38)51-33-29-46-28-27-45(6-2)34-46/h5-6,17-28,34H,1-2,7-16,29-33H2,3-4H3/q+1. The molecule has 0 unspecified atom stereocenters. The summed E-state index contributed by atoms with van der Waals surface area (Å²) in [6.07, 6.45) is 21.5. The second-order valence-corrected chi connectivity index (χ2v) is 13.0. The van der Waals surface area contributed by atoms with Crippen molar-refractivity contribution < 1.29 is 37.8 Å². The van der Waals surface area contributed by atoms with Crippen molar-refractivity contribution in [3.8, 4) is 23.0 Å². The molecular formula is C44H55N2O7+. The fraction of sp³-hybridized carbons (Fsp3) is 0.386. The van der Waals surface area contributed by atoms with Gasteiger partial charge >= 0.3 is 11.9 Å². The van der Waals surface area contributed by atoms with Gasteiger partial charge in [-0.1, -0.05) is 64.0 Å². The minimum absolute atomic E-state index is 0.393. The normalized spacial score (nSPS) is 10.8. The Kier molecular flexibility index (Phi) is 17.4. The fourth-order valence-corrected chi connectivity index (χ4v) is 5.68. The average molecular weight is 724 g/mol. The first-order valence-electron chi connectivity index (χ1n) is 18.8. The van der Waals surface area contributed by atoms with E-state index in [1.54, 1.807) is 72.9 Å². The van der Waals surface area contributed by atoms with E-state index in [1.807, 2.05) is 41.7 Å². The Labute approximate surface area is 314 Å². The number of ether oxygens (including phenoxy) is 5. The SMILES string of the molecule is C=CCOCCCCCCCCCCCCOc1ccc(C(=O)Oc2ccc(OC(=O)c3ccc(OCC[n+]4ccn(C=C)c4)cc3)c(C)c2C)cc1. The summed E-state index contributed by atoms with van der Waals surface area (Å²) in [5, 5.41) is 0. The number of esters is 2. The molecule has 0 amide bonds. The summed E-state index contributed by atoms with van der Waals surface area (Å²) in [6, 6.07) is 17.1. The largest absolute Gasteiger partial charge is 0.494 e. The van der Waals surface area contributed by atoms with E-state index in [-0.39, 0.29) is 0 Å². The van der Waals surface area contributed by atoms with Crippen LogP contribution in [-0.2, 0) is 11.3 Å². The second kappa shape index (κ2) is 22.7. The minimum Gasteiger partial charge on any atom is -0.494 e. The second-order valence-electron chi connectivity index (χ2n) is 13.0. The van der Waals surface area contributed by atoms with Crippen LogP contribution < -0.4 is 23.5 Å². The van der Waals surface area contributed by atoms with Crippen molar-refractivity contribution in [2.24, 2.45) is 0 Å². The smallest absolute Gasteiger partial charge is 0.343 e. The molecule has 4 aromatic rings. The monoisotopic (exact) mass is 723 g/mol. The van der Waals surface area contributed by atoms with E-state index in [4.69, 9.17) is 23.7 Å². The predicted molar refractivity (Wildman–Crippen MR) is 208 cm³/mol. The van der Waals surface area contributed by atoms with Gasteiger partial charge in [-0.25, -0.2) is 18.7 Å². The number of hydrogen-bond acceptors (Lipinski definition) is 7. The molecule has 3 aromatic carbocycles. The molecule has 0 aliphatic rings. The van der Waals surface area contributed by atoms with Crippen molar-refractivity contribution in [3.63, 3.8) is 0 Å². The van der Waals surface area contributed by atoms with Crippen molar-refractivity contribution in [2.45, 2.75) is 84.6 Å². The van der Waals surface area contributed by atoms with Crippen LogP contribution in [0.3, 0.4) is 0 Å². The molecule has 0 atom stereocenters. The Morgan fingerprint density at radius 1 is 0.642 bits per heavy atom. The lowest BCUT2D eigenvalue weighted by Gasteiger charge is -2.14. The maximum Gasteiger partial charge on any atom is 0.343 e. The quantitative estimate of drug-likeness (QED) is 0.0221. The maximum atomic E-state index is 13.0. The van der Waals surface area contributed by atoms with Crippen molar-refractivity contribution >= 4 is 18.1 Å². The molecule has 53 heavy (non-hydrogen) atoms. The van der Waals surface area contributed by atoms with Gasteiger partial charge in [-0.15, -0.1) is 6.58 Å². The molecular weight excluding hydrogens is 668 g/mol. The number of carbonyl (C=O) groups excluding carboxylic acids is 2. The summed E-state index contributed by atoms with van der Waals surface area (Å²) in [4.78, 5) is 25.9. The van der Waals surface area contributed by atoms with Crippen LogP contribution in [0.2, 0.25) is 0 Å². The van der Waals surface area contributed by atoms with Gasteiger partial charge in [0, 0.05) is 6.61 Å². The highest BCUT2D eigenvalue weighted by Crippen LogP contribution is 2.30. The van der Waals surface area contributed by atoms with E-state index >= 15 is 0 Å². The topological polar surface area (TPSA) is 89.1 Å². The number of imidazole rings is 1. The summed E-state index contributed by atoms with van der Waals surface area (Å²) < 4.78 is 32.4. The van der Waals surface area contributed by atoms with Crippen molar-refractivity contribution in [2.75, 3.05) is 26.4 Å². The Hall–Kier alpha value is -5.15.